The Labute approximate surface area is 192 Å². The topological polar surface area (TPSA) is 74.4 Å². The third-order valence-electron chi connectivity index (χ3n) is 6.27. The van der Waals surface area contributed by atoms with Gasteiger partial charge < -0.3 is 14.6 Å². The number of H-pyrrole nitrogens is 1. The standard InChI is InChI=1S/C22H22F3N5O2S/c23-22(24,25)32-16-3-1-2-14(4-16)6-30(21(31)20-11-33-13-28-20)10-19-17-8-29(9-18(17)19)7-15-5-26-12-27-15/h1-5,11-13,17-19H,6-10H2,(H,26,27). The van der Waals surface area contributed by atoms with Crippen molar-refractivity contribution in [3.63, 3.8) is 0 Å². The SMILES string of the molecule is O=C(c1cscn1)N(Cc1cccc(OC(F)(F)F)c1)CC1C2CN(Cc3cnc[nH]3)CC21. The lowest BCUT2D eigenvalue weighted by atomic mass is 10.1. The van der Waals surface area contributed by atoms with Crippen molar-refractivity contribution >= 4 is 17.2 Å². The molecule has 2 aliphatic rings. The maximum atomic E-state index is 13.1. The predicted octanol–water partition coefficient (Wildman–Crippen LogP) is 3.79. The maximum absolute atomic E-state index is 13.1. The minimum atomic E-state index is -4.76. The van der Waals surface area contributed by atoms with Crippen molar-refractivity contribution in [1.29, 1.82) is 0 Å². The number of piperidine rings is 1. The van der Waals surface area contributed by atoms with Gasteiger partial charge in [-0.3, -0.25) is 9.69 Å². The lowest BCUT2D eigenvalue weighted by molar-refractivity contribution is -0.274. The lowest BCUT2D eigenvalue weighted by Gasteiger charge is -2.25. The number of hydrogen-bond acceptors (Lipinski definition) is 6. The van der Waals surface area contributed by atoms with E-state index in [1.807, 2.05) is 6.20 Å². The number of alkyl halides is 3. The number of nitrogens with one attached hydrogen (secondary N) is 1. The number of carbonyl (C=O) groups is 1. The van der Waals surface area contributed by atoms with E-state index in [1.165, 1.54) is 29.5 Å². The molecule has 1 N–H and O–H groups in total. The number of nitrogens with zero attached hydrogens (tertiary/aromatic N) is 4. The normalized spacial score (nSPS) is 22.2. The molecule has 3 heterocycles. The molecule has 5 rings (SSSR count). The van der Waals surface area contributed by atoms with E-state index in [0.29, 0.717) is 35.6 Å². The zero-order chi connectivity index (χ0) is 23.0. The number of ether oxygens (including phenoxy) is 1. The Morgan fingerprint density at radius 2 is 2.12 bits per heavy atom. The first-order chi connectivity index (χ1) is 15.9. The van der Waals surface area contributed by atoms with Crippen molar-refractivity contribution in [2.75, 3.05) is 19.6 Å². The molecule has 2 atom stereocenters. The monoisotopic (exact) mass is 477 g/mol. The van der Waals surface area contributed by atoms with Crippen LogP contribution in [0.25, 0.3) is 0 Å². The third-order valence-corrected chi connectivity index (χ3v) is 6.86. The molecule has 7 nitrogen and oxygen atoms in total. The molecule has 0 radical (unpaired) electrons. The smallest absolute Gasteiger partial charge is 0.406 e. The Balaban J connectivity index is 1.25. The van der Waals surface area contributed by atoms with Gasteiger partial charge in [0.05, 0.1) is 11.8 Å². The predicted molar refractivity (Wildman–Crippen MR) is 114 cm³/mol. The van der Waals surface area contributed by atoms with Crippen LogP contribution in [-0.4, -0.2) is 56.7 Å². The van der Waals surface area contributed by atoms with Gasteiger partial charge in [0.15, 0.2) is 0 Å². The summed E-state index contributed by atoms with van der Waals surface area (Å²) in [6, 6.07) is 5.78. The van der Waals surface area contributed by atoms with Crippen LogP contribution in [0.2, 0.25) is 0 Å². The van der Waals surface area contributed by atoms with Crippen molar-refractivity contribution < 1.29 is 22.7 Å². The molecule has 1 aliphatic carbocycles. The van der Waals surface area contributed by atoms with Crippen LogP contribution >= 0.6 is 11.3 Å². The van der Waals surface area contributed by atoms with Crippen molar-refractivity contribution in [2.24, 2.45) is 17.8 Å². The molecule has 174 valence electrons. The second-order valence-corrected chi connectivity index (χ2v) is 9.24. The Bertz CT molecular complexity index is 1080. The number of halogens is 3. The molecular weight excluding hydrogens is 455 g/mol. The van der Waals surface area contributed by atoms with Crippen LogP contribution in [0.4, 0.5) is 13.2 Å². The Morgan fingerprint density at radius 3 is 2.79 bits per heavy atom. The number of likely N-dealkylation sites (tertiary alicyclic amines) is 1. The Kier molecular flexibility index (Phi) is 5.83. The van der Waals surface area contributed by atoms with Crippen LogP contribution in [0.5, 0.6) is 5.75 Å². The Morgan fingerprint density at radius 1 is 1.30 bits per heavy atom. The summed E-state index contributed by atoms with van der Waals surface area (Å²) in [6.07, 6.45) is -1.26. The van der Waals surface area contributed by atoms with Gasteiger partial charge in [-0.05, 0) is 35.4 Å². The van der Waals surface area contributed by atoms with Gasteiger partial charge in [0.1, 0.15) is 11.4 Å². The fraction of sp³-hybridized carbons (Fsp3) is 0.409. The summed E-state index contributed by atoms with van der Waals surface area (Å²) in [5.74, 6) is 0.897. The Hall–Kier alpha value is -2.92. The molecule has 1 saturated heterocycles. The number of imidazole rings is 1. The van der Waals surface area contributed by atoms with Crippen molar-refractivity contribution in [1.82, 2.24) is 24.8 Å². The van der Waals surface area contributed by atoms with Crippen LogP contribution in [0.1, 0.15) is 21.7 Å². The fourth-order valence-electron chi connectivity index (χ4n) is 4.76. The van der Waals surface area contributed by atoms with Crippen LogP contribution in [-0.2, 0) is 13.1 Å². The molecule has 1 aliphatic heterocycles. The summed E-state index contributed by atoms with van der Waals surface area (Å²) in [5.41, 5.74) is 3.61. The minimum absolute atomic E-state index is 0.194. The highest BCUT2D eigenvalue weighted by molar-refractivity contribution is 7.07. The van der Waals surface area contributed by atoms with E-state index in [2.05, 4.69) is 24.6 Å². The first-order valence-electron chi connectivity index (χ1n) is 10.6. The highest BCUT2D eigenvalue weighted by atomic mass is 32.1. The van der Waals surface area contributed by atoms with Gasteiger partial charge in [0, 0.05) is 50.0 Å². The number of benzene rings is 1. The fourth-order valence-corrected chi connectivity index (χ4v) is 5.29. The molecule has 2 unspecified atom stereocenters. The van der Waals surface area contributed by atoms with Gasteiger partial charge in [0.2, 0.25) is 0 Å². The average Bonchev–Trinajstić information content (AvgIpc) is 3.31. The first-order valence-corrected chi connectivity index (χ1v) is 11.5. The van der Waals surface area contributed by atoms with Crippen LogP contribution in [0, 0.1) is 17.8 Å². The van der Waals surface area contributed by atoms with Crippen molar-refractivity contribution in [3.05, 3.63) is 64.6 Å². The maximum Gasteiger partial charge on any atom is 0.573 e. The first kappa shape index (κ1) is 21.9. The van der Waals surface area contributed by atoms with Gasteiger partial charge in [-0.2, -0.15) is 0 Å². The van der Waals surface area contributed by atoms with Crippen molar-refractivity contribution in [2.45, 2.75) is 19.5 Å². The van der Waals surface area contributed by atoms with Gasteiger partial charge in [-0.25, -0.2) is 9.97 Å². The summed E-state index contributed by atoms with van der Waals surface area (Å²) in [6.45, 7) is 3.49. The molecule has 3 aromatic rings. The van der Waals surface area contributed by atoms with Gasteiger partial charge in [0.25, 0.3) is 5.91 Å². The highest BCUT2D eigenvalue weighted by Gasteiger charge is 2.56. The largest absolute Gasteiger partial charge is 0.573 e. The van der Waals surface area contributed by atoms with Crippen LogP contribution < -0.4 is 4.74 Å². The highest BCUT2D eigenvalue weighted by Crippen LogP contribution is 2.52. The summed E-state index contributed by atoms with van der Waals surface area (Å²) in [7, 11) is 0. The number of thiazole rings is 1. The number of carbonyl (C=O) groups excluding carboxylic acids is 1. The second kappa shape index (κ2) is 8.79. The number of fused-ring (bicyclic) bond motifs is 1. The molecule has 1 aromatic carbocycles. The summed E-state index contributed by atoms with van der Waals surface area (Å²) in [5, 5.41) is 1.69. The van der Waals surface area contributed by atoms with Crippen LogP contribution in [0.3, 0.4) is 0 Å². The number of rotatable bonds is 8. The molecule has 2 fully saturated rings. The molecular formula is C22H22F3N5O2S. The summed E-state index contributed by atoms with van der Waals surface area (Å²) in [4.78, 5) is 28.5. The summed E-state index contributed by atoms with van der Waals surface area (Å²) >= 11 is 1.34. The molecule has 33 heavy (non-hydrogen) atoms. The van der Waals surface area contributed by atoms with Gasteiger partial charge >= 0.3 is 6.36 Å². The van der Waals surface area contributed by atoms with E-state index in [9.17, 15) is 18.0 Å². The zero-order valence-electron chi connectivity index (χ0n) is 17.5. The number of hydrogen-bond donors (Lipinski definition) is 1. The average molecular weight is 478 g/mol. The molecule has 1 amide bonds. The van der Waals surface area contributed by atoms with Gasteiger partial charge in [-0.15, -0.1) is 24.5 Å². The number of aromatic amines is 1. The molecule has 0 spiro atoms. The molecule has 11 heteroatoms. The van der Waals surface area contributed by atoms with E-state index in [-0.39, 0.29) is 18.2 Å². The van der Waals surface area contributed by atoms with E-state index >= 15 is 0 Å². The molecule has 0 bridgehead atoms. The van der Waals surface area contributed by atoms with E-state index < -0.39 is 6.36 Å². The van der Waals surface area contributed by atoms with Crippen molar-refractivity contribution in [3.8, 4) is 5.75 Å². The van der Waals surface area contributed by atoms with Gasteiger partial charge in [-0.1, -0.05) is 12.1 Å². The number of amides is 1. The van der Waals surface area contributed by atoms with E-state index in [4.69, 9.17) is 0 Å². The summed E-state index contributed by atoms with van der Waals surface area (Å²) < 4.78 is 41.9. The zero-order valence-corrected chi connectivity index (χ0v) is 18.4. The van der Waals surface area contributed by atoms with E-state index in [0.717, 1.165) is 25.3 Å². The van der Waals surface area contributed by atoms with Crippen LogP contribution in [0.15, 0.2) is 47.7 Å². The second-order valence-electron chi connectivity index (χ2n) is 8.52. The minimum Gasteiger partial charge on any atom is -0.406 e. The van der Waals surface area contributed by atoms with E-state index in [1.54, 1.807) is 28.2 Å². The molecule has 1 saturated carbocycles. The third kappa shape index (κ3) is 5.19. The molecule has 2 aromatic heterocycles. The number of aromatic nitrogens is 3. The lowest BCUT2D eigenvalue weighted by Crippen LogP contribution is -2.35. The quantitative estimate of drug-likeness (QED) is 0.535.